The van der Waals surface area contributed by atoms with E-state index >= 15 is 0 Å². The number of anilines is 1. The van der Waals surface area contributed by atoms with Crippen LogP contribution in [0.4, 0.5) is 5.69 Å². The summed E-state index contributed by atoms with van der Waals surface area (Å²) in [5.74, 6) is -0.0750. The lowest BCUT2D eigenvalue weighted by atomic mass is 9.92. The number of hydrogen-bond donors (Lipinski definition) is 2. The largest absolute Gasteiger partial charge is 0.377 e. The second-order valence-electron chi connectivity index (χ2n) is 4.84. The van der Waals surface area contributed by atoms with Crippen LogP contribution in [0.2, 0.25) is 0 Å². The summed E-state index contributed by atoms with van der Waals surface area (Å²) in [5.41, 5.74) is 6.78. The molecule has 1 aromatic rings. The molecular formula is C14H22N2O2. The van der Waals surface area contributed by atoms with Crippen LogP contribution in [0.5, 0.6) is 0 Å². The summed E-state index contributed by atoms with van der Waals surface area (Å²) >= 11 is 0. The molecule has 1 amide bonds. The summed E-state index contributed by atoms with van der Waals surface area (Å²) in [4.78, 5) is 12.1. The van der Waals surface area contributed by atoms with Crippen molar-refractivity contribution in [2.24, 2.45) is 11.1 Å². The van der Waals surface area contributed by atoms with Gasteiger partial charge in [-0.3, -0.25) is 4.79 Å². The lowest BCUT2D eigenvalue weighted by molar-refractivity contribution is -0.123. The van der Waals surface area contributed by atoms with Gasteiger partial charge in [0.15, 0.2) is 0 Å². The third kappa shape index (κ3) is 3.82. The molecular weight excluding hydrogens is 228 g/mol. The van der Waals surface area contributed by atoms with Gasteiger partial charge in [-0.05, 0) is 26.8 Å². The highest BCUT2D eigenvalue weighted by Gasteiger charge is 2.26. The monoisotopic (exact) mass is 250 g/mol. The van der Waals surface area contributed by atoms with Gasteiger partial charge in [-0.25, -0.2) is 0 Å². The second-order valence-corrected chi connectivity index (χ2v) is 4.84. The van der Waals surface area contributed by atoms with Crippen LogP contribution in [0.25, 0.3) is 0 Å². The first kappa shape index (κ1) is 14.7. The molecule has 0 saturated carbocycles. The van der Waals surface area contributed by atoms with Crippen LogP contribution in [0, 0.1) is 5.41 Å². The normalized spacial score (nSPS) is 11.3. The molecule has 0 aliphatic carbocycles. The van der Waals surface area contributed by atoms with Gasteiger partial charge in [-0.2, -0.15) is 0 Å². The quantitative estimate of drug-likeness (QED) is 0.813. The standard InChI is InChI=1S/C14H22N2O2/c1-4-18-9-11-7-5-6-8-12(11)16-13(17)14(2,3)10-15/h5-8H,4,9-10,15H2,1-3H3,(H,16,17). The molecule has 1 aromatic carbocycles. The van der Waals surface area contributed by atoms with Gasteiger partial charge in [0.25, 0.3) is 0 Å². The average Bonchev–Trinajstić information content (AvgIpc) is 2.37. The molecule has 0 bridgehead atoms. The van der Waals surface area contributed by atoms with Gasteiger partial charge in [-0.1, -0.05) is 18.2 Å². The van der Waals surface area contributed by atoms with E-state index in [1.54, 1.807) is 0 Å². The number of carbonyl (C=O) groups is 1. The minimum Gasteiger partial charge on any atom is -0.377 e. The molecule has 0 heterocycles. The van der Waals surface area contributed by atoms with E-state index in [0.29, 0.717) is 19.8 Å². The van der Waals surface area contributed by atoms with Crippen molar-refractivity contribution in [3.05, 3.63) is 29.8 Å². The van der Waals surface area contributed by atoms with Gasteiger partial charge in [0.05, 0.1) is 12.0 Å². The average molecular weight is 250 g/mol. The summed E-state index contributed by atoms with van der Waals surface area (Å²) in [6.45, 7) is 7.05. The topological polar surface area (TPSA) is 64.3 Å². The summed E-state index contributed by atoms with van der Waals surface area (Å²) in [7, 11) is 0. The van der Waals surface area contributed by atoms with Gasteiger partial charge in [0.2, 0.25) is 5.91 Å². The van der Waals surface area contributed by atoms with Crippen LogP contribution >= 0.6 is 0 Å². The molecule has 0 aliphatic heterocycles. The molecule has 0 saturated heterocycles. The van der Waals surface area contributed by atoms with Gasteiger partial charge in [0.1, 0.15) is 0 Å². The number of nitrogens with one attached hydrogen (secondary N) is 1. The molecule has 18 heavy (non-hydrogen) atoms. The fourth-order valence-electron chi connectivity index (χ4n) is 1.36. The van der Waals surface area contributed by atoms with E-state index < -0.39 is 5.41 Å². The maximum Gasteiger partial charge on any atom is 0.231 e. The van der Waals surface area contributed by atoms with E-state index in [1.165, 1.54) is 0 Å². The summed E-state index contributed by atoms with van der Waals surface area (Å²) in [6, 6.07) is 7.64. The number of carbonyl (C=O) groups excluding carboxylic acids is 1. The van der Waals surface area contributed by atoms with Crippen LogP contribution in [0.3, 0.4) is 0 Å². The number of benzene rings is 1. The first-order chi connectivity index (χ1) is 8.51. The van der Waals surface area contributed by atoms with Gasteiger partial charge >= 0.3 is 0 Å². The van der Waals surface area contributed by atoms with Crippen molar-refractivity contribution in [2.45, 2.75) is 27.4 Å². The van der Waals surface area contributed by atoms with Crippen molar-refractivity contribution in [1.29, 1.82) is 0 Å². The molecule has 0 aromatic heterocycles. The Kier molecular flexibility index (Phi) is 5.31. The molecule has 4 heteroatoms. The Morgan fingerprint density at radius 2 is 2.06 bits per heavy atom. The van der Waals surface area contributed by atoms with E-state index in [4.69, 9.17) is 10.5 Å². The Hall–Kier alpha value is -1.39. The van der Waals surface area contributed by atoms with Gasteiger partial charge in [0, 0.05) is 24.4 Å². The van der Waals surface area contributed by atoms with Crippen molar-refractivity contribution in [3.8, 4) is 0 Å². The van der Waals surface area contributed by atoms with E-state index in [9.17, 15) is 4.79 Å². The number of amides is 1. The molecule has 0 atom stereocenters. The third-order valence-electron chi connectivity index (χ3n) is 2.85. The zero-order valence-corrected chi connectivity index (χ0v) is 11.3. The van der Waals surface area contributed by atoms with Crippen LogP contribution in [-0.4, -0.2) is 19.1 Å². The van der Waals surface area contributed by atoms with E-state index in [1.807, 2.05) is 45.0 Å². The summed E-state index contributed by atoms with van der Waals surface area (Å²) in [6.07, 6.45) is 0. The number of hydrogen-bond acceptors (Lipinski definition) is 3. The molecule has 0 fully saturated rings. The minimum absolute atomic E-state index is 0.0750. The van der Waals surface area contributed by atoms with E-state index in [-0.39, 0.29) is 5.91 Å². The van der Waals surface area contributed by atoms with E-state index in [0.717, 1.165) is 11.3 Å². The molecule has 0 aliphatic rings. The highest BCUT2D eigenvalue weighted by molar-refractivity contribution is 5.95. The predicted octanol–water partition coefficient (Wildman–Crippen LogP) is 2.15. The molecule has 1 rings (SSSR count). The molecule has 4 nitrogen and oxygen atoms in total. The smallest absolute Gasteiger partial charge is 0.231 e. The summed E-state index contributed by atoms with van der Waals surface area (Å²) in [5, 5.41) is 2.91. The van der Waals surface area contributed by atoms with Crippen LogP contribution < -0.4 is 11.1 Å². The van der Waals surface area contributed by atoms with Crippen LogP contribution in [0.1, 0.15) is 26.3 Å². The van der Waals surface area contributed by atoms with Crippen molar-refractivity contribution >= 4 is 11.6 Å². The van der Waals surface area contributed by atoms with Crippen LogP contribution in [-0.2, 0) is 16.1 Å². The summed E-state index contributed by atoms with van der Waals surface area (Å²) < 4.78 is 5.38. The van der Waals surface area contributed by atoms with Gasteiger partial charge in [-0.15, -0.1) is 0 Å². The Labute approximate surface area is 109 Å². The van der Waals surface area contributed by atoms with E-state index in [2.05, 4.69) is 5.32 Å². The Balaban J connectivity index is 2.81. The van der Waals surface area contributed by atoms with Crippen molar-refractivity contribution < 1.29 is 9.53 Å². The Morgan fingerprint density at radius 3 is 2.67 bits per heavy atom. The van der Waals surface area contributed by atoms with Crippen LogP contribution in [0.15, 0.2) is 24.3 Å². The zero-order chi connectivity index (χ0) is 13.6. The predicted molar refractivity (Wildman–Crippen MR) is 73.2 cm³/mol. The first-order valence-corrected chi connectivity index (χ1v) is 6.18. The number of para-hydroxylation sites is 1. The molecule has 0 unspecified atom stereocenters. The number of ether oxygens (including phenoxy) is 1. The second kappa shape index (κ2) is 6.52. The minimum atomic E-state index is -0.571. The maximum absolute atomic E-state index is 12.1. The fraction of sp³-hybridized carbons (Fsp3) is 0.500. The number of nitrogens with two attached hydrogens (primary N) is 1. The maximum atomic E-state index is 12.1. The third-order valence-corrected chi connectivity index (χ3v) is 2.85. The van der Waals surface area contributed by atoms with Crippen molar-refractivity contribution in [3.63, 3.8) is 0 Å². The Bertz CT molecular complexity index is 403. The van der Waals surface area contributed by atoms with Crippen molar-refractivity contribution in [1.82, 2.24) is 0 Å². The molecule has 0 spiro atoms. The first-order valence-electron chi connectivity index (χ1n) is 6.18. The zero-order valence-electron chi connectivity index (χ0n) is 11.3. The van der Waals surface area contributed by atoms with Gasteiger partial charge < -0.3 is 15.8 Å². The highest BCUT2D eigenvalue weighted by Crippen LogP contribution is 2.20. The molecule has 3 N–H and O–H groups in total. The lowest BCUT2D eigenvalue weighted by Gasteiger charge is -2.22. The SMILES string of the molecule is CCOCc1ccccc1NC(=O)C(C)(C)CN. The molecule has 0 radical (unpaired) electrons. The Morgan fingerprint density at radius 1 is 1.39 bits per heavy atom. The number of rotatable bonds is 6. The highest BCUT2D eigenvalue weighted by atomic mass is 16.5. The van der Waals surface area contributed by atoms with Crippen molar-refractivity contribution in [2.75, 3.05) is 18.5 Å². The lowest BCUT2D eigenvalue weighted by Crippen LogP contribution is -2.37. The molecule has 100 valence electrons. The fourth-order valence-corrected chi connectivity index (χ4v) is 1.36.